The molecule has 0 spiro atoms. The molecular formula is C14H19BrN2O2. The van der Waals surface area contributed by atoms with Crippen LogP contribution in [0.25, 0.3) is 0 Å². The maximum absolute atomic E-state index is 11.2. The molecule has 1 aliphatic carbocycles. The number of aromatic nitrogens is 1. The normalized spacial score (nSPS) is 20.1. The molecule has 19 heavy (non-hydrogen) atoms. The van der Waals surface area contributed by atoms with Crippen molar-refractivity contribution in [3.8, 4) is 0 Å². The number of anilines is 1. The van der Waals surface area contributed by atoms with Gasteiger partial charge in [0.1, 0.15) is 11.4 Å². The van der Waals surface area contributed by atoms with E-state index in [1.807, 2.05) is 0 Å². The summed E-state index contributed by atoms with van der Waals surface area (Å²) in [6, 6.07) is 1.57. The Morgan fingerprint density at radius 1 is 1.42 bits per heavy atom. The summed E-state index contributed by atoms with van der Waals surface area (Å²) in [4.78, 5) is 15.3. The molecule has 1 aliphatic rings. The maximum atomic E-state index is 11.2. The number of nitrogens with one attached hydrogen (secondary N) is 1. The molecule has 0 aromatic carbocycles. The summed E-state index contributed by atoms with van der Waals surface area (Å²) in [6.07, 6.45) is 1.61. The van der Waals surface area contributed by atoms with E-state index in [1.165, 1.54) is 0 Å². The highest BCUT2D eigenvalue weighted by Gasteiger charge is 2.64. The lowest BCUT2D eigenvalue weighted by molar-refractivity contribution is 0.0697. The van der Waals surface area contributed by atoms with Crippen molar-refractivity contribution in [1.82, 2.24) is 4.98 Å². The number of halogens is 1. The first-order chi connectivity index (χ1) is 8.68. The standard InChI is InChI=1S/C14H19BrN2O2/c1-13(2)10(14(13,3)4)7-17-11-9(12(18)19)5-8(15)6-16-11/h5-6,10H,7H2,1-4H3,(H,16,17)(H,18,19). The van der Waals surface area contributed by atoms with Gasteiger partial charge in [-0.2, -0.15) is 0 Å². The second kappa shape index (κ2) is 4.47. The Balaban J connectivity index is 2.11. The molecule has 0 atom stereocenters. The number of rotatable bonds is 4. The quantitative estimate of drug-likeness (QED) is 0.886. The van der Waals surface area contributed by atoms with Crippen molar-refractivity contribution in [2.24, 2.45) is 16.7 Å². The molecule has 1 aromatic heterocycles. The van der Waals surface area contributed by atoms with E-state index in [9.17, 15) is 9.90 Å². The van der Waals surface area contributed by atoms with Crippen molar-refractivity contribution >= 4 is 27.7 Å². The Labute approximate surface area is 121 Å². The third-order valence-electron chi connectivity index (χ3n) is 4.88. The van der Waals surface area contributed by atoms with Gasteiger partial charge in [-0.15, -0.1) is 0 Å². The van der Waals surface area contributed by atoms with Gasteiger partial charge in [-0.05, 0) is 38.7 Å². The largest absolute Gasteiger partial charge is 0.478 e. The molecule has 4 nitrogen and oxygen atoms in total. The minimum absolute atomic E-state index is 0.200. The highest BCUT2D eigenvalue weighted by atomic mass is 79.9. The zero-order chi connectivity index (χ0) is 14.4. The number of hydrogen-bond donors (Lipinski definition) is 2. The van der Waals surface area contributed by atoms with Crippen LogP contribution in [0.3, 0.4) is 0 Å². The Hall–Kier alpha value is -1.10. The van der Waals surface area contributed by atoms with Crippen molar-refractivity contribution in [3.63, 3.8) is 0 Å². The number of hydrogen-bond acceptors (Lipinski definition) is 3. The van der Waals surface area contributed by atoms with Crippen LogP contribution in [0.1, 0.15) is 38.1 Å². The number of carboxylic acids is 1. The summed E-state index contributed by atoms with van der Waals surface area (Å²) in [5.41, 5.74) is 0.753. The van der Waals surface area contributed by atoms with Crippen LogP contribution in [0.5, 0.6) is 0 Å². The fourth-order valence-electron chi connectivity index (χ4n) is 2.79. The Morgan fingerprint density at radius 2 is 2.00 bits per heavy atom. The third kappa shape index (κ3) is 2.36. The molecule has 5 heteroatoms. The summed E-state index contributed by atoms with van der Waals surface area (Å²) in [7, 11) is 0. The molecular weight excluding hydrogens is 308 g/mol. The molecule has 0 bridgehead atoms. The predicted octanol–water partition coefficient (Wildman–Crippen LogP) is 3.64. The molecule has 0 saturated heterocycles. The molecule has 104 valence electrons. The monoisotopic (exact) mass is 326 g/mol. The lowest BCUT2D eigenvalue weighted by Gasteiger charge is -2.09. The summed E-state index contributed by atoms with van der Waals surface area (Å²) >= 11 is 3.24. The van der Waals surface area contributed by atoms with Crippen molar-refractivity contribution in [1.29, 1.82) is 0 Å². The van der Waals surface area contributed by atoms with Crippen LogP contribution in [-0.4, -0.2) is 22.6 Å². The zero-order valence-corrected chi connectivity index (χ0v) is 13.2. The number of carbonyl (C=O) groups is 1. The van der Waals surface area contributed by atoms with Crippen LogP contribution in [0.4, 0.5) is 5.82 Å². The topological polar surface area (TPSA) is 62.2 Å². The minimum atomic E-state index is -0.967. The average Bonchev–Trinajstić information content (AvgIpc) is 2.68. The van der Waals surface area contributed by atoms with Gasteiger partial charge in [0.15, 0.2) is 0 Å². The van der Waals surface area contributed by atoms with Crippen molar-refractivity contribution in [2.75, 3.05) is 11.9 Å². The van der Waals surface area contributed by atoms with Gasteiger partial charge >= 0.3 is 5.97 Å². The molecule has 1 fully saturated rings. The first-order valence-corrected chi connectivity index (χ1v) is 7.10. The first kappa shape index (κ1) is 14.3. The fourth-order valence-corrected chi connectivity index (χ4v) is 3.12. The first-order valence-electron chi connectivity index (χ1n) is 6.30. The van der Waals surface area contributed by atoms with Crippen molar-refractivity contribution in [2.45, 2.75) is 27.7 Å². The number of carboxylic acid groups (broad SMARTS) is 1. The fraction of sp³-hybridized carbons (Fsp3) is 0.571. The molecule has 0 radical (unpaired) electrons. The number of aromatic carboxylic acids is 1. The smallest absolute Gasteiger partial charge is 0.339 e. The Bertz CT molecular complexity index is 512. The van der Waals surface area contributed by atoms with E-state index in [0.29, 0.717) is 16.2 Å². The van der Waals surface area contributed by atoms with Crippen LogP contribution >= 0.6 is 15.9 Å². The van der Waals surface area contributed by atoms with E-state index in [2.05, 4.69) is 53.9 Å². The lowest BCUT2D eigenvalue weighted by Crippen LogP contribution is -2.13. The van der Waals surface area contributed by atoms with E-state index in [4.69, 9.17) is 0 Å². The van der Waals surface area contributed by atoms with Crippen LogP contribution in [0.15, 0.2) is 16.7 Å². The van der Waals surface area contributed by atoms with Crippen LogP contribution in [-0.2, 0) is 0 Å². The molecule has 1 saturated carbocycles. The summed E-state index contributed by atoms with van der Waals surface area (Å²) in [5, 5.41) is 12.4. The van der Waals surface area contributed by atoms with E-state index < -0.39 is 5.97 Å². The summed E-state index contributed by atoms with van der Waals surface area (Å²) in [5.74, 6) is -0.00749. The molecule has 0 amide bonds. The summed E-state index contributed by atoms with van der Waals surface area (Å²) < 4.78 is 0.669. The second-order valence-corrected chi connectivity index (χ2v) is 7.15. The van der Waals surface area contributed by atoms with Gasteiger partial charge in [0.05, 0.1) is 0 Å². The maximum Gasteiger partial charge on any atom is 0.339 e. The van der Waals surface area contributed by atoms with Gasteiger partial charge in [0.25, 0.3) is 0 Å². The second-order valence-electron chi connectivity index (χ2n) is 6.23. The third-order valence-corrected chi connectivity index (χ3v) is 5.31. The van der Waals surface area contributed by atoms with E-state index >= 15 is 0 Å². The highest BCUT2D eigenvalue weighted by Crippen LogP contribution is 2.68. The molecule has 0 aliphatic heterocycles. The van der Waals surface area contributed by atoms with Crippen molar-refractivity contribution < 1.29 is 9.90 Å². The molecule has 2 N–H and O–H groups in total. The zero-order valence-electron chi connectivity index (χ0n) is 11.6. The lowest BCUT2D eigenvalue weighted by atomic mass is 10.0. The Morgan fingerprint density at radius 3 is 2.47 bits per heavy atom. The van der Waals surface area contributed by atoms with E-state index in [0.717, 1.165) is 6.54 Å². The van der Waals surface area contributed by atoms with Gasteiger partial charge < -0.3 is 10.4 Å². The number of pyridine rings is 1. The van der Waals surface area contributed by atoms with E-state index in [1.54, 1.807) is 12.3 Å². The average molecular weight is 327 g/mol. The van der Waals surface area contributed by atoms with Gasteiger partial charge in [-0.3, -0.25) is 0 Å². The molecule has 1 heterocycles. The van der Waals surface area contributed by atoms with Gasteiger partial charge in [-0.1, -0.05) is 27.7 Å². The van der Waals surface area contributed by atoms with Crippen LogP contribution in [0, 0.1) is 16.7 Å². The molecule has 1 aromatic rings. The van der Waals surface area contributed by atoms with E-state index in [-0.39, 0.29) is 16.4 Å². The van der Waals surface area contributed by atoms with Gasteiger partial charge in [0, 0.05) is 17.2 Å². The van der Waals surface area contributed by atoms with Crippen molar-refractivity contribution in [3.05, 3.63) is 22.3 Å². The minimum Gasteiger partial charge on any atom is -0.478 e. The van der Waals surface area contributed by atoms with Crippen LogP contribution in [0.2, 0.25) is 0 Å². The SMILES string of the molecule is CC1(C)C(CNc2ncc(Br)cc2C(=O)O)C1(C)C. The molecule has 0 unspecified atom stereocenters. The highest BCUT2D eigenvalue weighted by molar-refractivity contribution is 9.10. The number of nitrogens with zero attached hydrogens (tertiary/aromatic N) is 1. The molecule has 2 rings (SSSR count). The Kier molecular flexibility index (Phi) is 3.37. The predicted molar refractivity (Wildman–Crippen MR) is 78.4 cm³/mol. The van der Waals surface area contributed by atoms with Gasteiger partial charge in [-0.25, -0.2) is 9.78 Å². The summed E-state index contributed by atoms with van der Waals surface area (Å²) in [6.45, 7) is 9.72. The van der Waals surface area contributed by atoms with Gasteiger partial charge in [0.2, 0.25) is 0 Å². The van der Waals surface area contributed by atoms with Crippen LogP contribution < -0.4 is 5.32 Å².